The van der Waals surface area contributed by atoms with E-state index >= 15 is 0 Å². The zero-order valence-corrected chi connectivity index (χ0v) is 35.6. The molecule has 0 bridgehead atoms. The average Bonchev–Trinajstić information content (AvgIpc) is 3.16. The number of ether oxygens (including phenoxy) is 2. The first-order valence-corrected chi connectivity index (χ1v) is 23.5. The number of rotatable bonds is 42. The third-order valence-corrected chi connectivity index (χ3v) is 10.2. The maximum atomic E-state index is 12.6. The number of carbonyl (C=O) groups excluding carboxylic acids is 1. The lowest BCUT2D eigenvalue weighted by molar-refractivity contribution is -0.154. The summed E-state index contributed by atoms with van der Waals surface area (Å²) in [6.07, 6.45) is 43.8. The molecule has 0 aromatic heterocycles. The van der Waals surface area contributed by atoms with Crippen molar-refractivity contribution >= 4 is 13.8 Å². The maximum Gasteiger partial charge on any atom is 0.472 e. The van der Waals surface area contributed by atoms with Gasteiger partial charge in [-0.3, -0.25) is 13.8 Å². The highest BCUT2D eigenvalue weighted by molar-refractivity contribution is 7.47. The van der Waals surface area contributed by atoms with Crippen LogP contribution in [0.3, 0.4) is 0 Å². The van der Waals surface area contributed by atoms with Gasteiger partial charge in [0.05, 0.1) is 26.4 Å². The number of allylic oxidation sites excluding steroid dienone is 6. The Bertz CT molecular complexity index is 939. The number of phosphoric acid groups is 1. The fraction of sp³-hybridized carbons (Fsp3) is 0.841. The summed E-state index contributed by atoms with van der Waals surface area (Å²) in [5, 5.41) is 18.3. The minimum atomic E-state index is -4.52. The first kappa shape index (κ1) is 52.7. The molecule has 0 saturated heterocycles. The predicted octanol–water partition coefficient (Wildman–Crippen LogP) is 12.0. The van der Waals surface area contributed by atoms with E-state index in [2.05, 4.69) is 50.3 Å². The number of aliphatic hydroxyl groups excluding tert-OH is 2. The summed E-state index contributed by atoms with van der Waals surface area (Å²) < 4.78 is 33.4. The van der Waals surface area contributed by atoms with Crippen molar-refractivity contribution in [3.63, 3.8) is 0 Å². The highest BCUT2D eigenvalue weighted by Gasteiger charge is 2.26. The molecule has 0 fully saturated rings. The molecule has 0 spiro atoms. The maximum absolute atomic E-state index is 12.6. The molecule has 0 heterocycles. The minimum Gasteiger partial charge on any atom is -0.457 e. The number of esters is 1. The second-order valence-corrected chi connectivity index (χ2v) is 16.2. The first-order valence-electron chi connectivity index (χ1n) is 22.0. The van der Waals surface area contributed by atoms with Crippen molar-refractivity contribution in [2.24, 2.45) is 0 Å². The Kier molecular flexibility index (Phi) is 40.3. The largest absolute Gasteiger partial charge is 0.472 e. The summed E-state index contributed by atoms with van der Waals surface area (Å²) in [4.78, 5) is 22.6. The quantitative estimate of drug-likeness (QED) is 0.0239. The van der Waals surface area contributed by atoms with Crippen molar-refractivity contribution in [2.45, 2.75) is 206 Å². The highest BCUT2D eigenvalue weighted by Crippen LogP contribution is 2.43. The van der Waals surface area contributed by atoms with Crippen LogP contribution in [0, 0.1) is 0 Å². The van der Waals surface area contributed by atoms with E-state index in [4.69, 9.17) is 23.6 Å². The standard InChI is InChI=1S/C44H83O9P/c1-3-5-7-9-11-13-15-17-19-20-21-22-23-25-27-29-31-33-35-37-50-40-43(41-52-54(48,49)51-39-42(46)38-45)53-44(47)36-34-32-30-28-26-24-18-16-14-12-10-8-6-4-2/h13,15-16,18-20,42-43,45-46H,3-12,14,17,21-41H2,1-2H3,(H,48,49)/b15-13-,18-16-,20-19-. The number of phosphoric ester groups is 1. The molecule has 0 radical (unpaired) electrons. The van der Waals surface area contributed by atoms with Gasteiger partial charge in [0.25, 0.3) is 0 Å². The molecule has 0 saturated carbocycles. The van der Waals surface area contributed by atoms with Crippen molar-refractivity contribution in [1.29, 1.82) is 0 Å². The van der Waals surface area contributed by atoms with E-state index in [1.54, 1.807) is 0 Å². The summed E-state index contributed by atoms with van der Waals surface area (Å²) >= 11 is 0. The Balaban J connectivity index is 4.17. The number of unbranched alkanes of at least 4 members (excludes halogenated alkanes) is 22. The third-order valence-electron chi connectivity index (χ3n) is 9.30. The molecule has 0 amide bonds. The minimum absolute atomic E-state index is 0.0427. The number of hydrogen-bond donors (Lipinski definition) is 3. The lowest BCUT2D eigenvalue weighted by Crippen LogP contribution is -2.29. The molecule has 9 nitrogen and oxygen atoms in total. The van der Waals surface area contributed by atoms with Crippen molar-refractivity contribution in [3.8, 4) is 0 Å². The molecule has 0 aliphatic rings. The van der Waals surface area contributed by atoms with Gasteiger partial charge in [0.1, 0.15) is 12.2 Å². The van der Waals surface area contributed by atoms with Crippen LogP contribution >= 0.6 is 7.82 Å². The van der Waals surface area contributed by atoms with Crippen LogP contribution in [-0.4, -0.2) is 66.3 Å². The van der Waals surface area contributed by atoms with Crippen LogP contribution in [0.5, 0.6) is 0 Å². The van der Waals surface area contributed by atoms with Crippen molar-refractivity contribution < 1.29 is 43.0 Å². The van der Waals surface area contributed by atoms with Gasteiger partial charge in [0, 0.05) is 13.0 Å². The van der Waals surface area contributed by atoms with Gasteiger partial charge >= 0.3 is 13.8 Å². The van der Waals surface area contributed by atoms with Crippen molar-refractivity contribution in [3.05, 3.63) is 36.5 Å². The van der Waals surface area contributed by atoms with Crippen LogP contribution < -0.4 is 0 Å². The second-order valence-electron chi connectivity index (χ2n) is 14.7. The van der Waals surface area contributed by atoms with Crippen LogP contribution in [0.15, 0.2) is 36.5 Å². The van der Waals surface area contributed by atoms with Gasteiger partial charge in [-0.25, -0.2) is 4.57 Å². The van der Waals surface area contributed by atoms with E-state index in [0.717, 1.165) is 70.6 Å². The van der Waals surface area contributed by atoms with Gasteiger partial charge in [-0.05, 0) is 70.6 Å². The molecule has 0 aromatic carbocycles. The Morgan fingerprint density at radius 2 is 1.00 bits per heavy atom. The topological polar surface area (TPSA) is 132 Å². The van der Waals surface area contributed by atoms with Crippen LogP contribution in [0.25, 0.3) is 0 Å². The average molecular weight is 787 g/mol. The summed E-state index contributed by atoms with van der Waals surface area (Å²) in [6, 6.07) is 0. The van der Waals surface area contributed by atoms with Crippen LogP contribution in [-0.2, 0) is 27.9 Å². The monoisotopic (exact) mass is 787 g/mol. The zero-order chi connectivity index (χ0) is 39.6. The van der Waals surface area contributed by atoms with Gasteiger partial charge in [0.2, 0.25) is 0 Å². The van der Waals surface area contributed by atoms with Gasteiger partial charge in [-0.2, -0.15) is 0 Å². The van der Waals surface area contributed by atoms with Gasteiger partial charge in [-0.15, -0.1) is 0 Å². The predicted molar refractivity (Wildman–Crippen MR) is 224 cm³/mol. The lowest BCUT2D eigenvalue weighted by atomic mass is 10.1. The number of aliphatic hydroxyl groups is 2. The van der Waals surface area contributed by atoms with E-state index in [0.29, 0.717) is 6.61 Å². The SMILES string of the molecule is CCCCCC/C=C\C/C=C\CCCCCCCCCCOCC(COP(=O)(O)OCC(O)CO)OC(=O)CCCCCCC/C=C\CCCCCCC. The molecule has 54 heavy (non-hydrogen) atoms. The van der Waals surface area contributed by atoms with Crippen molar-refractivity contribution in [2.75, 3.05) is 33.0 Å². The molecule has 3 N–H and O–H groups in total. The fourth-order valence-electron chi connectivity index (χ4n) is 5.91. The first-order chi connectivity index (χ1) is 26.3. The molecular weight excluding hydrogens is 703 g/mol. The fourth-order valence-corrected chi connectivity index (χ4v) is 6.70. The van der Waals surface area contributed by atoms with Crippen LogP contribution in [0.1, 0.15) is 194 Å². The lowest BCUT2D eigenvalue weighted by Gasteiger charge is -2.20. The molecular formula is C44H83O9P. The van der Waals surface area contributed by atoms with E-state index in [1.807, 2.05) is 0 Å². The Hall–Kier alpha value is -1.32. The van der Waals surface area contributed by atoms with E-state index in [1.165, 1.54) is 103 Å². The van der Waals surface area contributed by atoms with E-state index in [9.17, 15) is 19.4 Å². The number of carbonyl (C=O) groups is 1. The summed E-state index contributed by atoms with van der Waals surface area (Å²) in [6.45, 7) is 3.48. The summed E-state index contributed by atoms with van der Waals surface area (Å²) in [7, 11) is -4.52. The Morgan fingerprint density at radius 3 is 1.52 bits per heavy atom. The zero-order valence-electron chi connectivity index (χ0n) is 34.7. The molecule has 3 unspecified atom stereocenters. The van der Waals surface area contributed by atoms with E-state index in [-0.39, 0.29) is 19.6 Å². The van der Waals surface area contributed by atoms with Crippen LogP contribution in [0.4, 0.5) is 0 Å². The smallest absolute Gasteiger partial charge is 0.457 e. The van der Waals surface area contributed by atoms with Gasteiger partial charge in [-0.1, -0.05) is 153 Å². The van der Waals surface area contributed by atoms with Gasteiger partial charge in [0.15, 0.2) is 0 Å². The third kappa shape index (κ3) is 40.3. The molecule has 3 atom stereocenters. The molecule has 0 aliphatic heterocycles. The normalized spacial score (nSPS) is 14.4. The second kappa shape index (κ2) is 41.3. The summed E-state index contributed by atoms with van der Waals surface area (Å²) in [5.41, 5.74) is 0. The molecule has 10 heteroatoms. The molecule has 318 valence electrons. The Morgan fingerprint density at radius 1 is 0.574 bits per heavy atom. The number of hydrogen-bond acceptors (Lipinski definition) is 8. The van der Waals surface area contributed by atoms with Gasteiger partial charge < -0.3 is 24.6 Å². The van der Waals surface area contributed by atoms with Crippen LogP contribution in [0.2, 0.25) is 0 Å². The summed E-state index contributed by atoms with van der Waals surface area (Å²) in [5.74, 6) is -0.393. The highest BCUT2D eigenvalue weighted by atomic mass is 31.2. The van der Waals surface area contributed by atoms with Crippen molar-refractivity contribution in [1.82, 2.24) is 0 Å². The van der Waals surface area contributed by atoms with E-state index < -0.39 is 39.2 Å². The molecule has 0 rings (SSSR count). The molecule has 0 aliphatic carbocycles. The molecule has 0 aromatic rings. The Labute approximate surface area is 331 Å².